The zero-order chi connectivity index (χ0) is 16.5. The van der Waals surface area contributed by atoms with Crippen LogP contribution in [0.4, 0.5) is 0 Å². The summed E-state index contributed by atoms with van der Waals surface area (Å²) in [4.78, 5) is 14.3. The molecule has 1 aromatic heterocycles. The Morgan fingerprint density at radius 2 is 1.86 bits per heavy atom. The zero-order valence-corrected chi connectivity index (χ0v) is 14.6. The van der Waals surface area contributed by atoms with Gasteiger partial charge < -0.3 is 9.47 Å². The fourth-order valence-electron chi connectivity index (χ4n) is 2.86. The third-order valence-corrected chi connectivity index (χ3v) is 5.80. The molecule has 2 rings (SSSR count). The number of nitrogens with zero attached hydrogens (tertiary/aromatic N) is 3. The molecule has 0 bridgehead atoms. The molecule has 124 valence electrons. The Kier molecular flexibility index (Phi) is 4.97. The lowest BCUT2D eigenvalue weighted by atomic mass is 10.1. The average Bonchev–Trinajstić information content (AvgIpc) is 2.66. The summed E-state index contributed by atoms with van der Waals surface area (Å²) in [7, 11) is -1.18. The van der Waals surface area contributed by atoms with Crippen LogP contribution in [0.3, 0.4) is 0 Å². The first-order chi connectivity index (χ1) is 10.2. The molecular weight excluding hydrogens is 302 g/mol. The van der Waals surface area contributed by atoms with Crippen molar-refractivity contribution in [3.63, 3.8) is 0 Å². The highest BCUT2D eigenvalue weighted by molar-refractivity contribution is 7.88. The van der Waals surface area contributed by atoms with Gasteiger partial charge in [0.25, 0.3) is 0 Å². The molecule has 0 aromatic carbocycles. The highest BCUT2D eigenvalue weighted by atomic mass is 32.2. The molecule has 0 aliphatic carbocycles. The van der Waals surface area contributed by atoms with Crippen molar-refractivity contribution in [2.75, 3.05) is 32.4 Å². The summed E-state index contributed by atoms with van der Waals surface area (Å²) in [5, 5.41) is 0. The second-order valence-electron chi connectivity index (χ2n) is 6.03. The predicted octanol–water partition coefficient (Wildman–Crippen LogP) is 0.678. The van der Waals surface area contributed by atoms with Gasteiger partial charge in [-0.25, -0.2) is 12.7 Å². The number of amides is 1. The van der Waals surface area contributed by atoms with Crippen LogP contribution in [-0.4, -0.2) is 60.5 Å². The van der Waals surface area contributed by atoms with E-state index in [1.165, 1.54) is 10.6 Å². The van der Waals surface area contributed by atoms with Gasteiger partial charge in [-0.3, -0.25) is 4.79 Å². The molecule has 0 spiro atoms. The van der Waals surface area contributed by atoms with Crippen molar-refractivity contribution in [1.82, 2.24) is 13.8 Å². The van der Waals surface area contributed by atoms with Crippen molar-refractivity contribution in [1.29, 1.82) is 0 Å². The minimum absolute atomic E-state index is 0.0732. The number of aryl methyl sites for hydroxylation is 1. The van der Waals surface area contributed by atoms with E-state index in [-0.39, 0.29) is 5.91 Å². The lowest BCUT2D eigenvalue weighted by Crippen LogP contribution is -2.37. The van der Waals surface area contributed by atoms with E-state index in [1.807, 2.05) is 27.0 Å². The topological polar surface area (TPSA) is 62.6 Å². The van der Waals surface area contributed by atoms with Crippen molar-refractivity contribution in [3.05, 3.63) is 23.0 Å². The van der Waals surface area contributed by atoms with Gasteiger partial charge in [0, 0.05) is 44.6 Å². The maximum absolute atomic E-state index is 12.5. The summed E-state index contributed by atoms with van der Waals surface area (Å²) in [6.07, 6.45) is 2.29. The second kappa shape index (κ2) is 6.42. The van der Waals surface area contributed by atoms with Crippen molar-refractivity contribution in [2.24, 2.45) is 7.05 Å². The fourth-order valence-corrected chi connectivity index (χ4v) is 3.74. The van der Waals surface area contributed by atoms with Gasteiger partial charge in [-0.15, -0.1) is 0 Å². The zero-order valence-electron chi connectivity index (χ0n) is 13.8. The lowest BCUT2D eigenvalue weighted by molar-refractivity contribution is -0.130. The van der Waals surface area contributed by atoms with Gasteiger partial charge in [0.2, 0.25) is 15.9 Å². The van der Waals surface area contributed by atoms with Crippen LogP contribution in [-0.2, 0) is 28.3 Å². The predicted molar refractivity (Wildman–Crippen MR) is 86.2 cm³/mol. The third-order valence-electron chi connectivity index (χ3n) is 4.50. The van der Waals surface area contributed by atoms with Gasteiger partial charge in [-0.2, -0.15) is 0 Å². The number of carbonyl (C=O) groups is 1. The summed E-state index contributed by atoms with van der Waals surface area (Å²) >= 11 is 0. The first-order valence-corrected chi connectivity index (χ1v) is 9.39. The summed E-state index contributed by atoms with van der Waals surface area (Å²) in [6, 6.07) is 2.05. The number of hydrogen-bond donors (Lipinski definition) is 0. The molecule has 1 aliphatic heterocycles. The van der Waals surface area contributed by atoms with Crippen LogP contribution >= 0.6 is 0 Å². The molecule has 6 nitrogen and oxygen atoms in total. The van der Waals surface area contributed by atoms with Gasteiger partial charge >= 0.3 is 0 Å². The highest BCUT2D eigenvalue weighted by Crippen LogP contribution is 2.16. The van der Waals surface area contributed by atoms with Crippen molar-refractivity contribution >= 4 is 15.9 Å². The van der Waals surface area contributed by atoms with E-state index in [0.717, 1.165) is 17.0 Å². The molecule has 22 heavy (non-hydrogen) atoms. The lowest BCUT2D eigenvalue weighted by Gasteiger charge is -2.21. The molecule has 1 saturated heterocycles. The first-order valence-electron chi connectivity index (χ1n) is 7.55. The summed E-state index contributed by atoms with van der Waals surface area (Å²) in [5.74, 6) is 0.0732. The van der Waals surface area contributed by atoms with Crippen molar-refractivity contribution in [2.45, 2.75) is 26.7 Å². The second-order valence-corrected chi connectivity index (χ2v) is 8.01. The Morgan fingerprint density at radius 1 is 1.18 bits per heavy atom. The molecule has 0 saturated carbocycles. The van der Waals surface area contributed by atoms with E-state index in [1.54, 1.807) is 4.90 Å². The largest absolute Gasteiger partial charge is 0.352 e. The summed E-state index contributed by atoms with van der Waals surface area (Å²) < 4.78 is 26.8. The standard InChI is InChI=1S/C15H25N3O3S/c1-12-10-14(13(2)16(12)3)11-15(19)17-6-5-7-18(9-8-17)22(4,20)21/h10H,5-9,11H2,1-4H3. The van der Waals surface area contributed by atoms with Crippen LogP contribution < -0.4 is 0 Å². The number of sulfonamides is 1. The molecular formula is C15H25N3O3S. The number of carbonyl (C=O) groups excluding carboxylic acids is 1. The van der Waals surface area contributed by atoms with E-state index in [9.17, 15) is 13.2 Å². The smallest absolute Gasteiger partial charge is 0.227 e. The maximum atomic E-state index is 12.5. The first kappa shape index (κ1) is 17.0. The van der Waals surface area contributed by atoms with E-state index in [0.29, 0.717) is 39.0 Å². The highest BCUT2D eigenvalue weighted by Gasteiger charge is 2.24. The molecule has 0 atom stereocenters. The number of aromatic nitrogens is 1. The quantitative estimate of drug-likeness (QED) is 0.820. The van der Waals surface area contributed by atoms with Crippen molar-refractivity contribution in [3.8, 4) is 0 Å². The molecule has 1 fully saturated rings. The molecule has 0 N–H and O–H groups in total. The fraction of sp³-hybridized carbons (Fsp3) is 0.667. The van der Waals surface area contributed by atoms with Crippen LogP contribution in [0, 0.1) is 13.8 Å². The van der Waals surface area contributed by atoms with Crippen LogP contribution in [0.5, 0.6) is 0 Å². The molecule has 1 aliphatic rings. The summed E-state index contributed by atoms with van der Waals surface area (Å²) in [6.45, 7) is 6.01. The third kappa shape index (κ3) is 3.70. The van der Waals surface area contributed by atoms with E-state index < -0.39 is 10.0 Å². The maximum Gasteiger partial charge on any atom is 0.227 e. The summed E-state index contributed by atoms with van der Waals surface area (Å²) in [5.41, 5.74) is 3.30. The SMILES string of the molecule is Cc1cc(CC(=O)N2CCCN(S(C)(=O)=O)CC2)c(C)n1C. The minimum Gasteiger partial charge on any atom is -0.352 e. The average molecular weight is 327 g/mol. The molecule has 0 unspecified atom stereocenters. The minimum atomic E-state index is -3.17. The number of hydrogen-bond acceptors (Lipinski definition) is 3. The van der Waals surface area contributed by atoms with Gasteiger partial charge in [-0.1, -0.05) is 0 Å². The molecule has 2 heterocycles. The van der Waals surface area contributed by atoms with E-state index >= 15 is 0 Å². The van der Waals surface area contributed by atoms with Gasteiger partial charge in [-0.05, 0) is 31.9 Å². The van der Waals surface area contributed by atoms with E-state index in [2.05, 4.69) is 4.57 Å². The van der Waals surface area contributed by atoms with E-state index in [4.69, 9.17) is 0 Å². The van der Waals surface area contributed by atoms with Crippen LogP contribution in [0.2, 0.25) is 0 Å². The van der Waals surface area contributed by atoms with Crippen LogP contribution in [0.25, 0.3) is 0 Å². The number of rotatable bonds is 3. The normalized spacial score (nSPS) is 17.5. The van der Waals surface area contributed by atoms with Gasteiger partial charge in [0.1, 0.15) is 0 Å². The Labute approximate surface area is 132 Å². The molecule has 1 amide bonds. The molecule has 0 radical (unpaired) electrons. The van der Waals surface area contributed by atoms with Gasteiger partial charge in [0.05, 0.1) is 12.7 Å². The monoisotopic (exact) mass is 327 g/mol. The van der Waals surface area contributed by atoms with Crippen molar-refractivity contribution < 1.29 is 13.2 Å². The Hall–Kier alpha value is -1.34. The van der Waals surface area contributed by atoms with Crippen LogP contribution in [0.1, 0.15) is 23.4 Å². The molecule has 7 heteroatoms. The van der Waals surface area contributed by atoms with Gasteiger partial charge in [0.15, 0.2) is 0 Å². The Balaban J connectivity index is 2.03. The van der Waals surface area contributed by atoms with Crippen LogP contribution in [0.15, 0.2) is 6.07 Å². The Morgan fingerprint density at radius 3 is 2.41 bits per heavy atom. The Bertz CT molecular complexity index is 664. The molecule has 1 aromatic rings.